The van der Waals surface area contributed by atoms with Crippen molar-refractivity contribution in [2.45, 2.75) is 32.1 Å². The zero-order valence-electron chi connectivity index (χ0n) is 9.67. The molecule has 17 heavy (non-hydrogen) atoms. The van der Waals surface area contributed by atoms with E-state index in [0.29, 0.717) is 5.02 Å². The van der Waals surface area contributed by atoms with Gasteiger partial charge >= 0.3 is 0 Å². The van der Waals surface area contributed by atoms with Crippen molar-refractivity contribution in [2.75, 3.05) is 5.73 Å². The maximum atomic E-state index is 6.29. The number of aryl methyl sites for hydroxylation is 1. The predicted molar refractivity (Wildman–Crippen MR) is 72.4 cm³/mol. The van der Waals surface area contributed by atoms with Crippen LogP contribution in [-0.2, 0) is 12.8 Å². The van der Waals surface area contributed by atoms with Crippen molar-refractivity contribution in [1.82, 2.24) is 4.98 Å². The summed E-state index contributed by atoms with van der Waals surface area (Å²) in [6.07, 6.45) is 5.76. The van der Waals surface area contributed by atoms with Crippen LogP contribution in [0.5, 0.6) is 0 Å². The summed E-state index contributed by atoms with van der Waals surface area (Å²) in [6, 6.07) is 5.80. The molecule has 2 aromatic rings. The Hall–Kier alpha value is -1.28. The van der Waals surface area contributed by atoms with E-state index < -0.39 is 0 Å². The van der Waals surface area contributed by atoms with Gasteiger partial charge in [-0.05, 0) is 43.4 Å². The van der Waals surface area contributed by atoms with Gasteiger partial charge in [-0.15, -0.1) is 0 Å². The maximum absolute atomic E-state index is 6.29. The first-order chi connectivity index (χ1) is 8.27. The lowest BCUT2D eigenvalue weighted by Crippen LogP contribution is -2.03. The smallest absolute Gasteiger partial charge is 0.0741 e. The van der Waals surface area contributed by atoms with Crippen molar-refractivity contribution >= 4 is 28.2 Å². The number of anilines is 1. The summed E-state index contributed by atoms with van der Waals surface area (Å²) in [5.41, 5.74) is 10.5. The molecule has 0 atom stereocenters. The molecule has 0 bridgehead atoms. The SMILES string of the molecule is Nc1c2c(nc3cccc(Cl)c13)CCCCC2. The van der Waals surface area contributed by atoms with Crippen molar-refractivity contribution < 1.29 is 0 Å². The number of aromatic nitrogens is 1. The zero-order chi connectivity index (χ0) is 11.8. The number of pyridine rings is 1. The molecule has 0 amide bonds. The fraction of sp³-hybridized carbons (Fsp3) is 0.357. The van der Waals surface area contributed by atoms with Gasteiger partial charge in [0.1, 0.15) is 0 Å². The molecule has 0 saturated carbocycles. The van der Waals surface area contributed by atoms with Gasteiger partial charge in [0.25, 0.3) is 0 Å². The van der Waals surface area contributed by atoms with Crippen molar-refractivity contribution in [3.05, 3.63) is 34.5 Å². The second kappa shape index (κ2) is 4.19. The van der Waals surface area contributed by atoms with Crippen LogP contribution in [0.25, 0.3) is 10.9 Å². The molecule has 1 heterocycles. The van der Waals surface area contributed by atoms with Gasteiger partial charge in [0.05, 0.1) is 10.5 Å². The van der Waals surface area contributed by atoms with Crippen LogP contribution < -0.4 is 5.73 Å². The van der Waals surface area contributed by atoms with Crippen molar-refractivity contribution in [2.24, 2.45) is 0 Å². The van der Waals surface area contributed by atoms with Crippen LogP contribution in [0.15, 0.2) is 18.2 Å². The summed E-state index contributed by atoms with van der Waals surface area (Å²) in [7, 11) is 0. The fourth-order valence-corrected chi connectivity index (χ4v) is 2.92. The van der Waals surface area contributed by atoms with Gasteiger partial charge < -0.3 is 5.73 Å². The molecule has 0 saturated heterocycles. The lowest BCUT2D eigenvalue weighted by molar-refractivity contribution is 0.709. The fourth-order valence-electron chi connectivity index (χ4n) is 2.65. The third-order valence-electron chi connectivity index (χ3n) is 3.53. The summed E-state index contributed by atoms with van der Waals surface area (Å²) < 4.78 is 0. The molecule has 1 aliphatic rings. The Bertz CT molecular complexity index is 578. The molecular formula is C14H15ClN2. The van der Waals surface area contributed by atoms with Gasteiger partial charge in [-0.25, -0.2) is 0 Å². The number of hydrogen-bond donors (Lipinski definition) is 1. The topological polar surface area (TPSA) is 38.9 Å². The summed E-state index contributed by atoms with van der Waals surface area (Å²) >= 11 is 6.23. The number of nitrogens with zero attached hydrogens (tertiary/aromatic N) is 1. The van der Waals surface area contributed by atoms with Gasteiger partial charge in [0.15, 0.2) is 0 Å². The van der Waals surface area contributed by atoms with Crippen LogP contribution in [0.1, 0.15) is 30.5 Å². The molecule has 88 valence electrons. The first kappa shape index (κ1) is 10.8. The first-order valence-electron chi connectivity index (χ1n) is 6.13. The monoisotopic (exact) mass is 246 g/mol. The van der Waals surface area contributed by atoms with E-state index in [2.05, 4.69) is 0 Å². The Kier molecular flexibility index (Phi) is 2.67. The third kappa shape index (κ3) is 1.77. The average molecular weight is 247 g/mol. The summed E-state index contributed by atoms with van der Waals surface area (Å²) in [6.45, 7) is 0. The molecule has 3 heteroatoms. The van der Waals surface area contributed by atoms with E-state index in [1.807, 2.05) is 18.2 Å². The zero-order valence-corrected chi connectivity index (χ0v) is 10.4. The Morgan fingerprint density at radius 1 is 1.12 bits per heavy atom. The molecule has 0 aliphatic heterocycles. The second-order valence-corrected chi connectivity index (χ2v) is 5.05. The van der Waals surface area contributed by atoms with Crippen LogP contribution in [0.3, 0.4) is 0 Å². The van der Waals surface area contributed by atoms with Crippen LogP contribution in [0, 0.1) is 0 Å². The highest BCUT2D eigenvalue weighted by Crippen LogP contribution is 2.34. The molecule has 0 spiro atoms. The average Bonchev–Trinajstić information content (AvgIpc) is 2.54. The van der Waals surface area contributed by atoms with Crippen LogP contribution in [0.2, 0.25) is 5.02 Å². The van der Waals surface area contributed by atoms with E-state index in [1.165, 1.54) is 30.5 Å². The van der Waals surface area contributed by atoms with Crippen LogP contribution in [-0.4, -0.2) is 4.98 Å². The highest BCUT2D eigenvalue weighted by Gasteiger charge is 2.16. The van der Waals surface area contributed by atoms with E-state index in [-0.39, 0.29) is 0 Å². The summed E-state index contributed by atoms with van der Waals surface area (Å²) in [5.74, 6) is 0. The number of nitrogens with two attached hydrogens (primary N) is 1. The number of nitrogen functional groups attached to an aromatic ring is 1. The highest BCUT2D eigenvalue weighted by molar-refractivity contribution is 6.36. The Morgan fingerprint density at radius 3 is 2.82 bits per heavy atom. The molecule has 0 unspecified atom stereocenters. The van der Waals surface area contributed by atoms with E-state index >= 15 is 0 Å². The largest absolute Gasteiger partial charge is 0.398 e. The Labute approximate surface area is 106 Å². The normalized spacial score (nSPS) is 15.6. The van der Waals surface area contributed by atoms with Gasteiger partial charge in [-0.2, -0.15) is 0 Å². The molecule has 1 aromatic carbocycles. The lowest BCUT2D eigenvalue weighted by Gasteiger charge is -2.12. The van der Waals surface area contributed by atoms with Gasteiger partial charge in [-0.1, -0.05) is 24.1 Å². The minimum atomic E-state index is 0.708. The predicted octanol–water partition coefficient (Wildman–Crippen LogP) is 3.74. The maximum Gasteiger partial charge on any atom is 0.0741 e. The molecule has 2 N–H and O–H groups in total. The number of hydrogen-bond acceptors (Lipinski definition) is 2. The summed E-state index contributed by atoms with van der Waals surface area (Å²) in [5, 5.41) is 1.63. The Morgan fingerprint density at radius 2 is 1.94 bits per heavy atom. The van der Waals surface area contributed by atoms with Crippen molar-refractivity contribution in [3.8, 4) is 0 Å². The minimum Gasteiger partial charge on any atom is -0.398 e. The molecule has 1 aromatic heterocycles. The highest BCUT2D eigenvalue weighted by atomic mass is 35.5. The lowest BCUT2D eigenvalue weighted by atomic mass is 10.0. The van der Waals surface area contributed by atoms with Gasteiger partial charge in [0, 0.05) is 16.8 Å². The van der Waals surface area contributed by atoms with Gasteiger partial charge in [0.2, 0.25) is 0 Å². The first-order valence-corrected chi connectivity index (χ1v) is 6.50. The molecule has 0 radical (unpaired) electrons. The van der Waals surface area contributed by atoms with Crippen LogP contribution >= 0.6 is 11.6 Å². The standard InChI is InChI=1S/C14H15ClN2/c15-10-6-4-8-12-13(10)14(16)9-5-2-1-3-7-11(9)17-12/h4,6,8H,1-3,5,7H2,(H2,16,17). The van der Waals surface area contributed by atoms with E-state index in [9.17, 15) is 0 Å². The van der Waals surface area contributed by atoms with Crippen molar-refractivity contribution in [3.63, 3.8) is 0 Å². The number of fused-ring (bicyclic) bond motifs is 2. The van der Waals surface area contributed by atoms with Crippen LogP contribution in [0.4, 0.5) is 5.69 Å². The number of rotatable bonds is 0. The molecule has 1 aliphatic carbocycles. The molecule has 2 nitrogen and oxygen atoms in total. The summed E-state index contributed by atoms with van der Waals surface area (Å²) in [4.78, 5) is 4.73. The van der Waals surface area contributed by atoms with E-state index in [1.54, 1.807) is 0 Å². The molecule has 0 fully saturated rings. The quantitative estimate of drug-likeness (QED) is 0.720. The number of halogens is 1. The number of benzene rings is 1. The minimum absolute atomic E-state index is 0.708. The molecule has 3 rings (SSSR count). The third-order valence-corrected chi connectivity index (χ3v) is 3.85. The second-order valence-electron chi connectivity index (χ2n) is 4.65. The van der Waals surface area contributed by atoms with Crippen molar-refractivity contribution in [1.29, 1.82) is 0 Å². The van der Waals surface area contributed by atoms with E-state index in [4.69, 9.17) is 22.3 Å². The molecular weight excluding hydrogens is 232 g/mol. The van der Waals surface area contributed by atoms with Gasteiger partial charge in [-0.3, -0.25) is 4.98 Å². The van der Waals surface area contributed by atoms with E-state index in [0.717, 1.165) is 29.4 Å². The Balaban J connectivity index is 2.34.